The highest BCUT2D eigenvalue weighted by Gasteiger charge is 2.12. The monoisotopic (exact) mass is 254 g/mol. The van der Waals surface area contributed by atoms with Crippen LogP contribution in [0.4, 0.5) is 5.69 Å². The summed E-state index contributed by atoms with van der Waals surface area (Å²) in [6.45, 7) is 9.62. The van der Waals surface area contributed by atoms with Crippen molar-refractivity contribution in [3.63, 3.8) is 0 Å². The van der Waals surface area contributed by atoms with Crippen LogP contribution in [0.2, 0.25) is 0 Å². The van der Waals surface area contributed by atoms with E-state index in [1.807, 2.05) is 18.5 Å². The zero-order valence-corrected chi connectivity index (χ0v) is 12.2. The Morgan fingerprint density at radius 2 is 1.74 bits per heavy atom. The molecule has 2 rings (SSSR count). The maximum absolute atomic E-state index is 4.16. The number of anilines is 1. The summed E-state index contributed by atoms with van der Waals surface area (Å²) in [5.41, 5.74) is 5.22. The molecule has 0 aliphatic heterocycles. The molecule has 100 valence electrons. The number of nitrogens with zero attached hydrogens (tertiary/aromatic N) is 1. The van der Waals surface area contributed by atoms with E-state index >= 15 is 0 Å². The van der Waals surface area contributed by atoms with Crippen molar-refractivity contribution in [2.45, 2.75) is 39.7 Å². The average molecular weight is 254 g/mol. The van der Waals surface area contributed by atoms with Gasteiger partial charge in [0, 0.05) is 24.6 Å². The first-order valence-corrected chi connectivity index (χ1v) is 6.71. The number of rotatable bonds is 3. The lowest BCUT2D eigenvalue weighted by molar-refractivity contribution is 0.590. The van der Waals surface area contributed by atoms with E-state index in [0.717, 1.165) is 12.2 Å². The number of aryl methyl sites for hydroxylation is 1. The molecule has 1 N–H and O–H groups in total. The van der Waals surface area contributed by atoms with Gasteiger partial charge in [-0.3, -0.25) is 4.98 Å². The fraction of sp³-hybridized carbons (Fsp3) is 0.353. The van der Waals surface area contributed by atoms with E-state index in [4.69, 9.17) is 0 Å². The lowest BCUT2D eigenvalue weighted by Gasteiger charge is -2.19. The third kappa shape index (κ3) is 3.57. The number of pyridine rings is 1. The van der Waals surface area contributed by atoms with Gasteiger partial charge in [-0.05, 0) is 47.2 Å². The quantitative estimate of drug-likeness (QED) is 0.883. The van der Waals surface area contributed by atoms with Gasteiger partial charge in [-0.1, -0.05) is 32.9 Å². The van der Waals surface area contributed by atoms with Crippen LogP contribution in [-0.4, -0.2) is 4.98 Å². The molecule has 2 aromatic rings. The van der Waals surface area contributed by atoms with Gasteiger partial charge in [0.15, 0.2) is 0 Å². The van der Waals surface area contributed by atoms with Crippen LogP contribution in [0.3, 0.4) is 0 Å². The zero-order chi connectivity index (χ0) is 13.9. The topological polar surface area (TPSA) is 24.9 Å². The minimum atomic E-state index is 0.207. The molecule has 0 aliphatic rings. The molecule has 0 aliphatic carbocycles. The van der Waals surface area contributed by atoms with Crippen LogP contribution in [0.5, 0.6) is 0 Å². The fourth-order valence-electron chi connectivity index (χ4n) is 1.97. The smallest absolute Gasteiger partial charge is 0.0418 e. The summed E-state index contributed by atoms with van der Waals surface area (Å²) in [6.07, 6.45) is 3.75. The summed E-state index contributed by atoms with van der Waals surface area (Å²) in [7, 11) is 0. The molecular weight excluding hydrogens is 232 g/mol. The molecule has 0 amide bonds. The number of hydrogen-bond acceptors (Lipinski definition) is 2. The Kier molecular flexibility index (Phi) is 3.89. The van der Waals surface area contributed by atoms with Crippen molar-refractivity contribution >= 4 is 5.69 Å². The van der Waals surface area contributed by atoms with Crippen molar-refractivity contribution in [2.75, 3.05) is 5.32 Å². The van der Waals surface area contributed by atoms with E-state index < -0.39 is 0 Å². The molecule has 0 atom stereocenters. The molecule has 0 unspecified atom stereocenters. The van der Waals surface area contributed by atoms with Gasteiger partial charge in [0.25, 0.3) is 0 Å². The van der Waals surface area contributed by atoms with Gasteiger partial charge in [0.1, 0.15) is 0 Å². The standard InChI is InChI=1S/C17H22N2/c1-13-9-10-18-11-14(13)12-19-16-7-5-15(6-8-16)17(2,3)4/h5-11,19H,12H2,1-4H3. The first-order chi connectivity index (χ1) is 8.97. The maximum Gasteiger partial charge on any atom is 0.0418 e. The van der Waals surface area contributed by atoms with E-state index in [1.165, 1.54) is 16.7 Å². The summed E-state index contributed by atoms with van der Waals surface area (Å²) in [6, 6.07) is 10.7. The Morgan fingerprint density at radius 3 is 2.32 bits per heavy atom. The molecule has 1 heterocycles. The Balaban J connectivity index is 2.03. The summed E-state index contributed by atoms with van der Waals surface area (Å²) in [5, 5.41) is 3.44. The lowest BCUT2D eigenvalue weighted by Crippen LogP contribution is -2.10. The van der Waals surface area contributed by atoms with Crippen LogP contribution in [0, 0.1) is 6.92 Å². The highest BCUT2D eigenvalue weighted by Crippen LogP contribution is 2.23. The van der Waals surface area contributed by atoms with Crippen LogP contribution in [0.1, 0.15) is 37.5 Å². The normalized spacial score (nSPS) is 11.4. The van der Waals surface area contributed by atoms with E-state index in [9.17, 15) is 0 Å². The van der Waals surface area contributed by atoms with Gasteiger partial charge >= 0.3 is 0 Å². The van der Waals surface area contributed by atoms with Gasteiger partial charge in [-0.15, -0.1) is 0 Å². The second kappa shape index (κ2) is 5.43. The van der Waals surface area contributed by atoms with Crippen LogP contribution in [0.15, 0.2) is 42.7 Å². The summed E-state index contributed by atoms with van der Waals surface area (Å²) >= 11 is 0. The van der Waals surface area contributed by atoms with Crippen LogP contribution >= 0.6 is 0 Å². The summed E-state index contributed by atoms with van der Waals surface area (Å²) in [5.74, 6) is 0. The molecule has 1 aromatic heterocycles. The number of hydrogen-bond donors (Lipinski definition) is 1. The third-order valence-corrected chi connectivity index (χ3v) is 3.38. The van der Waals surface area contributed by atoms with E-state index in [0.29, 0.717) is 0 Å². The minimum absolute atomic E-state index is 0.207. The molecule has 0 saturated heterocycles. The van der Waals surface area contributed by atoms with Crippen molar-refractivity contribution in [2.24, 2.45) is 0 Å². The predicted octanol–water partition coefficient (Wildman–Crippen LogP) is 4.30. The predicted molar refractivity (Wildman–Crippen MR) is 81.4 cm³/mol. The number of aromatic nitrogens is 1. The van der Waals surface area contributed by atoms with E-state index in [2.05, 4.69) is 62.3 Å². The molecule has 0 radical (unpaired) electrons. The maximum atomic E-state index is 4.16. The zero-order valence-electron chi connectivity index (χ0n) is 12.2. The molecule has 2 heteroatoms. The molecule has 0 spiro atoms. The molecule has 1 aromatic carbocycles. The van der Waals surface area contributed by atoms with E-state index in [1.54, 1.807) is 0 Å². The van der Waals surface area contributed by atoms with Crippen LogP contribution in [0.25, 0.3) is 0 Å². The van der Waals surface area contributed by atoms with Crippen LogP contribution in [-0.2, 0) is 12.0 Å². The minimum Gasteiger partial charge on any atom is -0.381 e. The Hall–Kier alpha value is -1.83. The Bertz CT molecular complexity index is 536. The second-order valence-corrected chi connectivity index (χ2v) is 5.98. The largest absolute Gasteiger partial charge is 0.381 e. The molecule has 0 bridgehead atoms. The number of nitrogens with one attached hydrogen (secondary N) is 1. The average Bonchev–Trinajstić information content (AvgIpc) is 2.37. The molecule has 19 heavy (non-hydrogen) atoms. The van der Waals surface area contributed by atoms with Gasteiger partial charge in [-0.25, -0.2) is 0 Å². The first kappa shape index (κ1) is 13.6. The second-order valence-electron chi connectivity index (χ2n) is 5.98. The first-order valence-electron chi connectivity index (χ1n) is 6.71. The SMILES string of the molecule is Cc1ccncc1CNc1ccc(C(C)(C)C)cc1. The molecule has 0 fully saturated rings. The Labute approximate surface area is 115 Å². The Morgan fingerprint density at radius 1 is 1.05 bits per heavy atom. The van der Waals surface area contributed by atoms with Crippen molar-refractivity contribution in [1.82, 2.24) is 4.98 Å². The lowest BCUT2D eigenvalue weighted by atomic mass is 9.87. The van der Waals surface area contributed by atoms with Gasteiger partial charge in [0.05, 0.1) is 0 Å². The fourth-order valence-corrected chi connectivity index (χ4v) is 1.97. The van der Waals surface area contributed by atoms with Crippen molar-refractivity contribution in [1.29, 1.82) is 0 Å². The molecule has 2 nitrogen and oxygen atoms in total. The van der Waals surface area contributed by atoms with E-state index in [-0.39, 0.29) is 5.41 Å². The van der Waals surface area contributed by atoms with Crippen molar-refractivity contribution < 1.29 is 0 Å². The number of benzene rings is 1. The summed E-state index contributed by atoms with van der Waals surface area (Å²) < 4.78 is 0. The van der Waals surface area contributed by atoms with Gasteiger partial charge in [0.2, 0.25) is 0 Å². The molecular formula is C17H22N2. The van der Waals surface area contributed by atoms with Crippen LogP contribution < -0.4 is 5.32 Å². The summed E-state index contributed by atoms with van der Waals surface area (Å²) in [4.78, 5) is 4.16. The molecule has 0 saturated carbocycles. The van der Waals surface area contributed by atoms with Gasteiger partial charge in [-0.2, -0.15) is 0 Å². The highest BCUT2D eigenvalue weighted by molar-refractivity contribution is 5.46. The van der Waals surface area contributed by atoms with Crippen molar-refractivity contribution in [3.05, 3.63) is 59.4 Å². The highest BCUT2D eigenvalue weighted by atomic mass is 14.9. The van der Waals surface area contributed by atoms with Crippen molar-refractivity contribution in [3.8, 4) is 0 Å². The third-order valence-electron chi connectivity index (χ3n) is 3.38. The van der Waals surface area contributed by atoms with Gasteiger partial charge < -0.3 is 5.32 Å².